The highest BCUT2D eigenvalue weighted by atomic mass is 16.5. The third-order valence-electron chi connectivity index (χ3n) is 4.18. The van der Waals surface area contributed by atoms with E-state index in [1.165, 1.54) is 5.56 Å². The van der Waals surface area contributed by atoms with Gasteiger partial charge in [-0.1, -0.05) is 49.4 Å². The highest BCUT2D eigenvalue weighted by Crippen LogP contribution is 2.17. The lowest BCUT2D eigenvalue weighted by Crippen LogP contribution is -2.41. The van der Waals surface area contributed by atoms with Crippen molar-refractivity contribution in [3.63, 3.8) is 0 Å². The summed E-state index contributed by atoms with van der Waals surface area (Å²) in [5.41, 5.74) is 6.15. The molecule has 0 fully saturated rings. The largest absolute Gasteiger partial charge is 0.493 e. The molecule has 2 N–H and O–H groups in total. The minimum Gasteiger partial charge on any atom is -0.493 e. The Balaban J connectivity index is 1.63. The smallest absolute Gasteiger partial charge is 0.306 e. The summed E-state index contributed by atoms with van der Waals surface area (Å²) >= 11 is 0. The molecule has 0 saturated heterocycles. The molecule has 2 aromatic rings. The number of para-hydroxylation sites is 1. The number of benzene rings is 2. The first-order chi connectivity index (χ1) is 14.6. The maximum atomic E-state index is 12.3. The number of nitrogens with one attached hydrogen (secondary N) is 2. The maximum absolute atomic E-state index is 12.3. The Bertz CT molecular complexity index is 823. The Labute approximate surface area is 176 Å². The molecule has 7 heteroatoms. The normalized spacial score (nSPS) is 10.2. The Kier molecular flexibility index (Phi) is 9.92. The lowest BCUT2D eigenvalue weighted by atomic mass is 10.1. The van der Waals surface area contributed by atoms with Crippen LogP contribution in [0, 0.1) is 0 Å². The summed E-state index contributed by atoms with van der Waals surface area (Å²) in [6.45, 7) is 2.77. The van der Waals surface area contributed by atoms with Gasteiger partial charge in [0.1, 0.15) is 5.75 Å². The highest BCUT2D eigenvalue weighted by molar-refractivity contribution is 5.98. The van der Waals surface area contributed by atoms with Gasteiger partial charge in [-0.3, -0.25) is 25.2 Å². The molecule has 2 aromatic carbocycles. The number of carbonyl (C=O) groups is 3. The molecule has 0 radical (unpaired) electrons. The van der Waals surface area contributed by atoms with Crippen LogP contribution in [0.3, 0.4) is 0 Å². The first-order valence-corrected chi connectivity index (χ1v) is 10.1. The second-order valence-electron chi connectivity index (χ2n) is 6.66. The van der Waals surface area contributed by atoms with Crippen LogP contribution in [-0.4, -0.2) is 31.0 Å². The predicted molar refractivity (Wildman–Crippen MR) is 113 cm³/mol. The van der Waals surface area contributed by atoms with Crippen LogP contribution >= 0.6 is 0 Å². The molecule has 2 rings (SSSR count). The van der Waals surface area contributed by atoms with Crippen LogP contribution in [0.5, 0.6) is 5.75 Å². The van der Waals surface area contributed by atoms with Crippen molar-refractivity contribution in [3.8, 4) is 5.75 Å². The van der Waals surface area contributed by atoms with Gasteiger partial charge in [0.15, 0.2) is 0 Å². The number of hydrazine groups is 1. The Morgan fingerprint density at radius 1 is 0.867 bits per heavy atom. The fourth-order valence-corrected chi connectivity index (χ4v) is 2.64. The first kappa shape index (κ1) is 22.9. The molecule has 7 nitrogen and oxygen atoms in total. The van der Waals surface area contributed by atoms with Gasteiger partial charge < -0.3 is 9.47 Å². The molecule has 0 unspecified atom stereocenters. The molecule has 0 spiro atoms. The molecule has 0 atom stereocenters. The van der Waals surface area contributed by atoms with Gasteiger partial charge in [0.05, 0.1) is 25.2 Å². The van der Waals surface area contributed by atoms with E-state index >= 15 is 0 Å². The number of ether oxygens (including phenoxy) is 2. The average molecular weight is 412 g/mol. The molecule has 0 aliphatic rings. The number of hydrogen-bond donors (Lipinski definition) is 2. The van der Waals surface area contributed by atoms with Gasteiger partial charge in [-0.25, -0.2) is 0 Å². The van der Waals surface area contributed by atoms with Crippen LogP contribution in [-0.2, 0) is 20.7 Å². The first-order valence-electron chi connectivity index (χ1n) is 10.1. The van der Waals surface area contributed by atoms with Crippen molar-refractivity contribution >= 4 is 17.8 Å². The average Bonchev–Trinajstić information content (AvgIpc) is 2.78. The quantitative estimate of drug-likeness (QED) is 0.336. The van der Waals surface area contributed by atoms with Gasteiger partial charge in [-0.2, -0.15) is 0 Å². The second-order valence-corrected chi connectivity index (χ2v) is 6.66. The number of aryl methyl sites for hydroxylation is 1. The molecule has 160 valence electrons. The van der Waals surface area contributed by atoms with Crippen molar-refractivity contribution in [1.29, 1.82) is 0 Å². The van der Waals surface area contributed by atoms with Crippen molar-refractivity contribution in [2.45, 2.75) is 39.0 Å². The lowest BCUT2D eigenvalue weighted by Gasteiger charge is -2.11. The fraction of sp³-hybridized carbons (Fsp3) is 0.348. The van der Waals surface area contributed by atoms with Gasteiger partial charge in [0.25, 0.3) is 5.91 Å². The minimum atomic E-state index is -0.487. The van der Waals surface area contributed by atoms with Crippen molar-refractivity contribution in [2.75, 3.05) is 13.2 Å². The third kappa shape index (κ3) is 8.34. The molecule has 30 heavy (non-hydrogen) atoms. The number of rotatable bonds is 11. The summed E-state index contributed by atoms with van der Waals surface area (Å²) in [5, 5.41) is 0. The van der Waals surface area contributed by atoms with E-state index in [0.29, 0.717) is 24.5 Å². The molecule has 0 saturated carbocycles. The molecular formula is C23H28N2O5. The van der Waals surface area contributed by atoms with Gasteiger partial charge in [0, 0.05) is 6.42 Å². The van der Waals surface area contributed by atoms with Crippen molar-refractivity contribution in [1.82, 2.24) is 10.9 Å². The van der Waals surface area contributed by atoms with Gasteiger partial charge in [-0.15, -0.1) is 0 Å². The van der Waals surface area contributed by atoms with Crippen LogP contribution < -0.4 is 15.6 Å². The number of amides is 2. The van der Waals surface area contributed by atoms with Crippen LogP contribution in [0.25, 0.3) is 0 Å². The third-order valence-corrected chi connectivity index (χ3v) is 4.18. The van der Waals surface area contributed by atoms with Crippen LogP contribution in [0.2, 0.25) is 0 Å². The molecule has 0 heterocycles. The summed E-state index contributed by atoms with van der Waals surface area (Å²) < 4.78 is 10.7. The van der Waals surface area contributed by atoms with E-state index in [9.17, 15) is 14.4 Å². The summed E-state index contributed by atoms with van der Waals surface area (Å²) in [5.74, 6) is -0.955. The summed E-state index contributed by atoms with van der Waals surface area (Å²) in [4.78, 5) is 35.9. The lowest BCUT2D eigenvalue weighted by molar-refractivity contribution is -0.145. The van der Waals surface area contributed by atoms with Crippen molar-refractivity contribution in [3.05, 3.63) is 65.7 Å². The number of carbonyl (C=O) groups excluding carboxylic acids is 3. The Morgan fingerprint density at radius 2 is 1.60 bits per heavy atom. The number of hydrogen-bond acceptors (Lipinski definition) is 5. The monoisotopic (exact) mass is 412 g/mol. The fourth-order valence-electron chi connectivity index (χ4n) is 2.64. The summed E-state index contributed by atoms with van der Waals surface area (Å²) in [6.07, 6.45) is 2.23. The molecule has 0 bridgehead atoms. The molecule has 2 amide bonds. The van der Waals surface area contributed by atoms with Crippen molar-refractivity contribution < 1.29 is 23.9 Å². The topological polar surface area (TPSA) is 93.7 Å². The van der Waals surface area contributed by atoms with E-state index in [1.54, 1.807) is 24.3 Å². The van der Waals surface area contributed by atoms with E-state index in [1.807, 2.05) is 37.3 Å². The second kappa shape index (κ2) is 13.0. The summed E-state index contributed by atoms with van der Waals surface area (Å²) in [6, 6.07) is 16.7. The standard InChI is InChI=1S/C23H28N2O5/c1-2-16-29-20-13-7-6-12-19(20)23(28)25-24-21(26)14-15-22(27)30-17-8-11-18-9-4-3-5-10-18/h3-7,9-10,12-13H,2,8,11,14-17H2,1H3,(H,24,26)(H,25,28). The zero-order chi connectivity index (χ0) is 21.6. The van der Waals surface area contributed by atoms with E-state index < -0.39 is 17.8 Å². The van der Waals surface area contributed by atoms with Gasteiger partial charge in [-0.05, 0) is 37.0 Å². The van der Waals surface area contributed by atoms with Crippen molar-refractivity contribution in [2.24, 2.45) is 0 Å². The van der Waals surface area contributed by atoms with E-state index in [2.05, 4.69) is 10.9 Å². The van der Waals surface area contributed by atoms with Gasteiger partial charge >= 0.3 is 5.97 Å². The van der Waals surface area contributed by atoms with Crippen LogP contribution in [0.1, 0.15) is 48.5 Å². The van der Waals surface area contributed by atoms with Crippen LogP contribution in [0.15, 0.2) is 54.6 Å². The zero-order valence-electron chi connectivity index (χ0n) is 17.2. The zero-order valence-corrected chi connectivity index (χ0v) is 17.2. The Morgan fingerprint density at radius 3 is 2.37 bits per heavy atom. The predicted octanol–water partition coefficient (Wildman–Crippen LogP) is 3.19. The van der Waals surface area contributed by atoms with E-state index in [4.69, 9.17) is 9.47 Å². The van der Waals surface area contributed by atoms with E-state index in [-0.39, 0.29) is 12.8 Å². The van der Waals surface area contributed by atoms with Crippen LogP contribution in [0.4, 0.5) is 0 Å². The SMILES string of the molecule is CCCOc1ccccc1C(=O)NNC(=O)CCC(=O)OCCCc1ccccc1. The Hall–Kier alpha value is -3.35. The summed E-state index contributed by atoms with van der Waals surface area (Å²) in [7, 11) is 0. The highest BCUT2D eigenvalue weighted by Gasteiger charge is 2.13. The van der Waals surface area contributed by atoms with E-state index in [0.717, 1.165) is 19.3 Å². The molecule has 0 aromatic heterocycles. The molecule has 0 aliphatic heterocycles. The minimum absolute atomic E-state index is 0.0523. The molecule has 0 aliphatic carbocycles. The number of esters is 1. The van der Waals surface area contributed by atoms with Gasteiger partial charge in [0.2, 0.25) is 5.91 Å². The molecular weight excluding hydrogens is 384 g/mol. The maximum Gasteiger partial charge on any atom is 0.306 e.